The van der Waals surface area contributed by atoms with Crippen molar-refractivity contribution in [1.29, 1.82) is 0 Å². The Balaban J connectivity index is 1.97. The van der Waals surface area contributed by atoms with Gasteiger partial charge in [0.05, 0.1) is 18.7 Å². The Labute approximate surface area is 138 Å². The molecule has 1 atom stereocenters. The number of amides is 4. The molecule has 1 aliphatic heterocycles. The Bertz CT molecular complexity index is 589. The number of urea groups is 1. The van der Waals surface area contributed by atoms with Crippen molar-refractivity contribution in [1.82, 2.24) is 25.8 Å². The normalized spacial score (nSPS) is 17.6. The van der Waals surface area contributed by atoms with Gasteiger partial charge in [0.2, 0.25) is 11.8 Å². The number of hydrogen-bond donors (Lipinski definition) is 3. The average molecular weight is 339 g/mol. The Morgan fingerprint density at radius 3 is 2.96 bits per heavy atom. The van der Waals surface area contributed by atoms with Gasteiger partial charge < -0.3 is 20.9 Å². The minimum atomic E-state index is -0.786. The van der Waals surface area contributed by atoms with Crippen LogP contribution in [-0.4, -0.2) is 53.9 Å². The molecule has 0 aliphatic carbocycles. The van der Waals surface area contributed by atoms with E-state index in [9.17, 15) is 14.4 Å². The van der Waals surface area contributed by atoms with E-state index in [0.717, 1.165) is 17.1 Å². The van der Waals surface area contributed by atoms with Crippen LogP contribution in [0.1, 0.15) is 24.0 Å². The highest BCUT2D eigenvalue weighted by molar-refractivity contribution is 7.09. The molecule has 4 amide bonds. The fraction of sp³-hybridized carbons (Fsp3) is 0.571. The van der Waals surface area contributed by atoms with Crippen LogP contribution in [0, 0.1) is 0 Å². The zero-order valence-corrected chi connectivity index (χ0v) is 14.0. The largest absolute Gasteiger partial charge is 0.359 e. The van der Waals surface area contributed by atoms with Crippen LogP contribution < -0.4 is 16.0 Å². The summed E-state index contributed by atoms with van der Waals surface area (Å²) in [6.07, 6.45) is 0.804. The summed E-state index contributed by atoms with van der Waals surface area (Å²) in [7, 11) is 1.50. The highest BCUT2D eigenvalue weighted by Crippen LogP contribution is 2.12. The van der Waals surface area contributed by atoms with Crippen molar-refractivity contribution < 1.29 is 14.4 Å². The zero-order chi connectivity index (χ0) is 16.8. The highest BCUT2D eigenvalue weighted by atomic mass is 32.1. The summed E-state index contributed by atoms with van der Waals surface area (Å²) in [5.41, 5.74) is 0.995. The monoisotopic (exact) mass is 339 g/mol. The van der Waals surface area contributed by atoms with Crippen molar-refractivity contribution in [3.63, 3.8) is 0 Å². The van der Waals surface area contributed by atoms with E-state index >= 15 is 0 Å². The van der Waals surface area contributed by atoms with E-state index in [-0.39, 0.29) is 24.3 Å². The molecule has 9 heteroatoms. The molecule has 1 aromatic rings. The molecule has 0 bridgehead atoms. The third-order valence-corrected chi connectivity index (χ3v) is 4.50. The molecule has 0 radical (unpaired) electrons. The second kappa shape index (κ2) is 7.91. The smallest absolute Gasteiger partial charge is 0.318 e. The molecule has 0 aromatic carbocycles. The number of nitrogens with one attached hydrogen (secondary N) is 3. The molecule has 23 heavy (non-hydrogen) atoms. The summed E-state index contributed by atoms with van der Waals surface area (Å²) >= 11 is 1.49. The molecular weight excluding hydrogens is 318 g/mol. The first kappa shape index (κ1) is 17.2. The number of carbonyl (C=O) groups is 3. The predicted molar refractivity (Wildman–Crippen MR) is 85.9 cm³/mol. The summed E-state index contributed by atoms with van der Waals surface area (Å²) in [5.74, 6) is -0.588. The SMILES string of the molecule is CCc1csc(CNC(=O)N2CCNC(=O)[C@@H]2CC(=O)NC)n1. The summed E-state index contributed by atoms with van der Waals surface area (Å²) in [4.78, 5) is 41.6. The Kier molecular flexibility index (Phi) is 5.91. The van der Waals surface area contributed by atoms with Gasteiger partial charge in [0, 0.05) is 25.5 Å². The molecular formula is C14H21N5O3S. The molecule has 1 fully saturated rings. The van der Waals surface area contributed by atoms with Gasteiger partial charge in [-0.15, -0.1) is 11.3 Å². The first-order chi connectivity index (χ1) is 11.0. The van der Waals surface area contributed by atoms with Crippen molar-refractivity contribution in [3.05, 3.63) is 16.1 Å². The number of thiazole rings is 1. The van der Waals surface area contributed by atoms with E-state index in [2.05, 4.69) is 20.9 Å². The van der Waals surface area contributed by atoms with Gasteiger partial charge in [-0.1, -0.05) is 6.92 Å². The Hall–Kier alpha value is -2.16. The van der Waals surface area contributed by atoms with E-state index in [1.54, 1.807) is 0 Å². The van der Waals surface area contributed by atoms with Gasteiger partial charge in [0.15, 0.2) is 0 Å². The third kappa shape index (κ3) is 4.41. The van der Waals surface area contributed by atoms with Crippen molar-refractivity contribution in [2.75, 3.05) is 20.1 Å². The number of nitrogens with zero attached hydrogens (tertiary/aromatic N) is 2. The van der Waals surface area contributed by atoms with Crippen LogP contribution in [0.2, 0.25) is 0 Å². The van der Waals surface area contributed by atoms with Gasteiger partial charge in [-0.3, -0.25) is 9.59 Å². The maximum Gasteiger partial charge on any atom is 0.318 e. The van der Waals surface area contributed by atoms with Crippen LogP contribution in [0.4, 0.5) is 4.79 Å². The Morgan fingerprint density at radius 2 is 2.30 bits per heavy atom. The van der Waals surface area contributed by atoms with Crippen molar-refractivity contribution in [3.8, 4) is 0 Å². The molecule has 2 rings (SSSR count). The van der Waals surface area contributed by atoms with Crippen LogP contribution in [-0.2, 0) is 22.6 Å². The lowest BCUT2D eigenvalue weighted by Gasteiger charge is -2.34. The maximum absolute atomic E-state index is 12.4. The third-order valence-electron chi connectivity index (χ3n) is 3.60. The minimum Gasteiger partial charge on any atom is -0.359 e. The molecule has 2 heterocycles. The molecule has 1 aromatic heterocycles. The first-order valence-corrected chi connectivity index (χ1v) is 8.39. The summed E-state index contributed by atoms with van der Waals surface area (Å²) in [6.45, 7) is 3.09. The maximum atomic E-state index is 12.4. The number of hydrogen-bond acceptors (Lipinski definition) is 5. The lowest BCUT2D eigenvalue weighted by molar-refractivity contribution is -0.132. The van der Waals surface area contributed by atoms with Crippen LogP contribution in [0.15, 0.2) is 5.38 Å². The van der Waals surface area contributed by atoms with E-state index in [0.29, 0.717) is 19.6 Å². The molecule has 126 valence electrons. The summed E-state index contributed by atoms with van der Waals surface area (Å²) in [6, 6.07) is -1.15. The lowest BCUT2D eigenvalue weighted by Crippen LogP contribution is -2.60. The molecule has 1 aliphatic rings. The second-order valence-corrected chi connectivity index (χ2v) is 6.07. The lowest BCUT2D eigenvalue weighted by atomic mass is 10.1. The number of aryl methyl sites for hydroxylation is 1. The van der Waals surface area contributed by atoms with Gasteiger partial charge in [-0.25, -0.2) is 9.78 Å². The molecule has 0 saturated carbocycles. The van der Waals surface area contributed by atoms with Gasteiger partial charge >= 0.3 is 6.03 Å². The van der Waals surface area contributed by atoms with Crippen molar-refractivity contribution >= 4 is 29.2 Å². The van der Waals surface area contributed by atoms with Gasteiger partial charge in [-0.05, 0) is 6.42 Å². The molecule has 0 spiro atoms. The van der Waals surface area contributed by atoms with Crippen LogP contribution in [0.3, 0.4) is 0 Å². The van der Waals surface area contributed by atoms with Crippen molar-refractivity contribution in [2.45, 2.75) is 32.4 Å². The van der Waals surface area contributed by atoms with Gasteiger partial charge in [0.25, 0.3) is 0 Å². The van der Waals surface area contributed by atoms with E-state index in [1.807, 2.05) is 12.3 Å². The number of piperazine rings is 1. The predicted octanol–water partition coefficient (Wildman–Crippen LogP) is -0.148. The highest BCUT2D eigenvalue weighted by Gasteiger charge is 2.34. The topological polar surface area (TPSA) is 103 Å². The van der Waals surface area contributed by atoms with Crippen molar-refractivity contribution in [2.24, 2.45) is 0 Å². The van der Waals surface area contributed by atoms with E-state index < -0.39 is 6.04 Å². The second-order valence-electron chi connectivity index (χ2n) is 5.12. The molecule has 0 unspecified atom stereocenters. The standard InChI is InChI=1S/C14H21N5O3S/c1-3-9-8-23-12(18-9)7-17-14(22)19-5-4-16-13(21)10(19)6-11(20)15-2/h8,10H,3-7H2,1-2H3,(H,15,20)(H,16,21)(H,17,22)/t10-/m0/s1. The first-order valence-electron chi connectivity index (χ1n) is 7.51. The van der Waals surface area contributed by atoms with Crippen LogP contribution >= 0.6 is 11.3 Å². The number of rotatable bonds is 5. The Morgan fingerprint density at radius 1 is 1.52 bits per heavy atom. The molecule has 3 N–H and O–H groups in total. The fourth-order valence-corrected chi connectivity index (χ4v) is 3.10. The quantitative estimate of drug-likeness (QED) is 0.694. The number of carbonyl (C=O) groups excluding carboxylic acids is 3. The average Bonchev–Trinajstić information content (AvgIpc) is 3.02. The summed E-state index contributed by atoms with van der Waals surface area (Å²) < 4.78 is 0. The summed E-state index contributed by atoms with van der Waals surface area (Å²) in [5, 5.41) is 10.7. The van der Waals surface area contributed by atoms with E-state index in [4.69, 9.17) is 0 Å². The van der Waals surface area contributed by atoms with Gasteiger partial charge in [-0.2, -0.15) is 0 Å². The van der Waals surface area contributed by atoms with Crippen LogP contribution in [0.25, 0.3) is 0 Å². The minimum absolute atomic E-state index is 0.0486. The number of aromatic nitrogens is 1. The van der Waals surface area contributed by atoms with Crippen LogP contribution in [0.5, 0.6) is 0 Å². The molecule has 8 nitrogen and oxygen atoms in total. The van der Waals surface area contributed by atoms with E-state index in [1.165, 1.54) is 23.3 Å². The molecule has 1 saturated heterocycles. The zero-order valence-electron chi connectivity index (χ0n) is 13.2. The van der Waals surface area contributed by atoms with Gasteiger partial charge in [0.1, 0.15) is 11.0 Å². The fourth-order valence-electron chi connectivity index (χ4n) is 2.28.